The standard InChI is InChI=1S/C17H13ClO2/c1-2-12-4-3-5-14(10-12)16(17(19)20)11-13-6-8-15(18)9-7-13/h2-11H,1H2,(H,19,20). The highest BCUT2D eigenvalue weighted by Crippen LogP contribution is 2.21. The molecular weight excluding hydrogens is 272 g/mol. The van der Waals surface area contributed by atoms with Crippen LogP contribution in [0.15, 0.2) is 55.1 Å². The maximum Gasteiger partial charge on any atom is 0.336 e. The molecule has 2 nitrogen and oxygen atoms in total. The number of benzene rings is 2. The third-order valence-corrected chi connectivity index (χ3v) is 3.10. The molecule has 0 radical (unpaired) electrons. The van der Waals surface area contributed by atoms with Crippen LogP contribution < -0.4 is 0 Å². The van der Waals surface area contributed by atoms with Crippen LogP contribution in [0.3, 0.4) is 0 Å². The third-order valence-electron chi connectivity index (χ3n) is 2.84. The molecule has 0 atom stereocenters. The maximum atomic E-state index is 11.5. The van der Waals surface area contributed by atoms with E-state index in [9.17, 15) is 9.90 Å². The zero-order valence-electron chi connectivity index (χ0n) is 10.7. The Morgan fingerprint density at radius 1 is 1.10 bits per heavy atom. The molecule has 0 aliphatic carbocycles. The fraction of sp³-hybridized carbons (Fsp3) is 0. The Hall–Kier alpha value is -2.32. The first-order chi connectivity index (χ1) is 9.60. The summed E-state index contributed by atoms with van der Waals surface area (Å²) in [5.74, 6) is -0.971. The van der Waals surface area contributed by atoms with Crippen molar-refractivity contribution in [3.63, 3.8) is 0 Å². The van der Waals surface area contributed by atoms with Crippen LogP contribution in [0, 0.1) is 0 Å². The Bertz CT molecular complexity index is 670. The summed E-state index contributed by atoms with van der Waals surface area (Å²) in [5, 5.41) is 10.0. The number of carboxylic acids is 1. The van der Waals surface area contributed by atoms with Crippen LogP contribution >= 0.6 is 11.6 Å². The largest absolute Gasteiger partial charge is 0.478 e. The number of hydrogen-bond donors (Lipinski definition) is 1. The molecule has 2 aromatic carbocycles. The Kier molecular flexibility index (Phi) is 4.38. The van der Waals surface area contributed by atoms with Gasteiger partial charge in [-0.2, -0.15) is 0 Å². The summed E-state index contributed by atoms with van der Waals surface area (Å²) in [6, 6.07) is 14.3. The molecule has 1 N–H and O–H groups in total. The lowest BCUT2D eigenvalue weighted by molar-refractivity contribution is -0.130. The average Bonchev–Trinajstić information content (AvgIpc) is 2.46. The molecule has 0 bridgehead atoms. The summed E-state index contributed by atoms with van der Waals surface area (Å²) in [6.07, 6.45) is 3.31. The zero-order valence-corrected chi connectivity index (χ0v) is 11.5. The van der Waals surface area contributed by atoms with Gasteiger partial charge >= 0.3 is 5.97 Å². The van der Waals surface area contributed by atoms with Gasteiger partial charge in [0.2, 0.25) is 0 Å². The minimum absolute atomic E-state index is 0.232. The van der Waals surface area contributed by atoms with E-state index in [1.165, 1.54) is 0 Å². The van der Waals surface area contributed by atoms with Gasteiger partial charge < -0.3 is 5.11 Å². The predicted molar refractivity (Wildman–Crippen MR) is 83.5 cm³/mol. The van der Waals surface area contributed by atoms with Crippen molar-refractivity contribution in [2.45, 2.75) is 0 Å². The highest BCUT2D eigenvalue weighted by atomic mass is 35.5. The molecule has 0 saturated heterocycles. The van der Waals surface area contributed by atoms with Crippen molar-refractivity contribution < 1.29 is 9.90 Å². The number of carbonyl (C=O) groups is 1. The minimum Gasteiger partial charge on any atom is -0.478 e. The number of rotatable bonds is 4. The molecule has 3 heteroatoms. The van der Waals surface area contributed by atoms with E-state index in [-0.39, 0.29) is 5.57 Å². The van der Waals surface area contributed by atoms with Crippen molar-refractivity contribution in [2.24, 2.45) is 0 Å². The lowest BCUT2D eigenvalue weighted by Crippen LogP contribution is -1.99. The molecule has 2 rings (SSSR count). The van der Waals surface area contributed by atoms with Gasteiger partial charge in [0.15, 0.2) is 0 Å². The van der Waals surface area contributed by atoms with Crippen molar-refractivity contribution in [3.8, 4) is 0 Å². The first-order valence-corrected chi connectivity index (χ1v) is 6.41. The molecule has 2 aromatic rings. The lowest BCUT2D eigenvalue weighted by atomic mass is 10.0. The molecule has 0 aliphatic rings. The number of halogens is 1. The molecule has 0 amide bonds. The molecule has 0 spiro atoms. The van der Waals surface area contributed by atoms with E-state index >= 15 is 0 Å². The number of carboxylic acid groups (broad SMARTS) is 1. The molecule has 100 valence electrons. The molecule has 0 aromatic heterocycles. The van der Waals surface area contributed by atoms with E-state index in [1.807, 2.05) is 12.1 Å². The van der Waals surface area contributed by atoms with Crippen LogP contribution in [-0.4, -0.2) is 11.1 Å². The summed E-state index contributed by atoms with van der Waals surface area (Å²) in [4.78, 5) is 11.5. The normalized spacial score (nSPS) is 11.2. The molecule has 0 heterocycles. The SMILES string of the molecule is C=Cc1cccc(C(=Cc2ccc(Cl)cc2)C(=O)O)c1. The molecule has 0 saturated carbocycles. The Morgan fingerprint density at radius 3 is 2.40 bits per heavy atom. The van der Waals surface area contributed by atoms with Gasteiger partial charge in [-0.05, 0) is 41.0 Å². The van der Waals surface area contributed by atoms with Crippen LogP contribution in [0.2, 0.25) is 5.02 Å². The zero-order chi connectivity index (χ0) is 14.5. The summed E-state index contributed by atoms with van der Waals surface area (Å²) < 4.78 is 0. The Morgan fingerprint density at radius 2 is 1.80 bits per heavy atom. The van der Waals surface area contributed by atoms with E-state index in [0.29, 0.717) is 10.6 Å². The van der Waals surface area contributed by atoms with E-state index in [1.54, 1.807) is 48.6 Å². The Balaban J connectivity index is 2.47. The van der Waals surface area contributed by atoms with Gasteiger partial charge in [0.25, 0.3) is 0 Å². The van der Waals surface area contributed by atoms with Gasteiger partial charge in [0, 0.05) is 5.02 Å². The van der Waals surface area contributed by atoms with E-state index < -0.39 is 5.97 Å². The summed E-state index contributed by atoms with van der Waals surface area (Å²) >= 11 is 5.82. The summed E-state index contributed by atoms with van der Waals surface area (Å²) in [6.45, 7) is 3.69. The quantitative estimate of drug-likeness (QED) is 0.658. The summed E-state index contributed by atoms with van der Waals surface area (Å²) in [5.41, 5.74) is 2.54. The highest BCUT2D eigenvalue weighted by Gasteiger charge is 2.10. The second-order valence-electron chi connectivity index (χ2n) is 4.24. The molecule has 0 unspecified atom stereocenters. The van der Waals surface area contributed by atoms with Gasteiger partial charge in [-0.15, -0.1) is 0 Å². The monoisotopic (exact) mass is 284 g/mol. The van der Waals surface area contributed by atoms with Crippen LogP contribution in [0.5, 0.6) is 0 Å². The van der Waals surface area contributed by atoms with Crippen LogP contribution in [-0.2, 0) is 4.79 Å². The lowest BCUT2D eigenvalue weighted by Gasteiger charge is -2.05. The van der Waals surface area contributed by atoms with Gasteiger partial charge in [0.05, 0.1) is 5.57 Å². The van der Waals surface area contributed by atoms with E-state index in [4.69, 9.17) is 11.6 Å². The molecule has 20 heavy (non-hydrogen) atoms. The van der Waals surface area contributed by atoms with Crippen molar-refractivity contribution in [2.75, 3.05) is 0 Å². The minimum atomic E-state index is -0.971. The van der Waals surface area contributed by atoms with Crippen molar-refractivity contribution in [1.29, 1.82) is 0 Å². The van der Waals surface area contributed by atoms with Gasteiger partial charge in [-0.1, -0.05) is 54.6 Å². The van der Waals surface area contributed by atoms with Crippen molar-refractivity contribution >= 4 is 35.3 Å². The third kappa shape index (κ3) is 3.37. The highest BCUT2D eigenvalue weighted by molar-refractivity contribution is 6.30. The van der Waals surface area contributed by atoms with Gasteiger partial charge in [-0.25, -0.2) is 4.79 Å². The fourth-order valence-electron chi connectivity index (χ4n) is 1.83. The molecule has 0 aliphatic heterocycles. The maximum absolute atomic E-state index is 11.5. The van der Waals surface area contributed by atoms with Crippen molar-refractivity contribution in [1.82, 2.24) is 0 Å². The molecular formula is C17H13ClO2. The second kappa shape index (κ2) is 6.22. The first-order valence-electron chi connectivity index (χ1n) is 6.03. The van der Waals surface area contributed by atoms with E-state index in [2.05, 4.69) is 6.58 Å². The Labute approximate surface area is 122 Å². The smallest absolute Gasteiger partial charge is 0.336 e. The second-order valence-corrected chi connectivity index (χ2v) is 4.68. The summed E-state index contributed by atoms with van der Waals surface area (Å²) in [7, 11) is 0. The van der Waals surface area contributed by atoms with Crippen LogP contribution in [0.25, 0.3) is 17.7 Å². The topological polar surface area (TPSA) is 37.3 Å². The van der Waals surface area contributed by atoms with Crippen LogP contribution in [0.4, 0.5) is 0 Å². The fourth-order valence-corrected chi connectivity index (χ4v) is 1.95. The predicted octanol–water partition coefficient (Wildman–Crippen LogP) is 4.61. The number of aliphatic carboxylic acids is 1. The van der Waals surface area contributed by atoms with Crippen LogP contribution in [0.1, 0.15) is 16.7 Å². The van der Waals surface area contributed by atoms with Gasteiger partial charge in [-0.3, -0.25) is 0 Å². The van der Waals surface area contributed by atoms with E-state index in [0.717, 1.165) is 11.1 Å². The number of hydrogen-bond acceptors (Lipinski definition) is 1. The van der Waals surface area contributed by atoms with Crippen molar-refractivity contribution in [3.05, 3.63) is 76.8 Å². The first kappa shape index (κ1) is 14.1. The molecule has 0 fully saturated rings. The average molecular weight is 285 g/mol. The van der Waals surface area contributed by atoms with Gasteiger partial charge in [0.1, 0.15) is 0 Å².